The molecule has 2 N–H and O–H groups in total. The molecule has 17 heavy (non-hydrogen) atoms. The molecule has 0 aromatic heterocycles. The van der Waals surface area contributed by atoms with E-state index in [1.54, 1.807) is 0 Å². The monoisotopic (exact) mass is 228 g/mol. The third-order valence-corrected chi connectivity index (χ3v) is 4.21. The van der Waals surface area contributed by atoms with Gasteiger partial charge in [0.25, 0.3) is 0 Å². The Hall–Kier alpha value is -1.33. The molecule has 0 saturated heterocycles. The first kappa shape index (κ1) is 12.1. The Morgan fingerprint density at radius 2 is 1.88 bits per heavy atom. The largest absolute Gasteiger partial charge is 0.330 e. The molecule has 0 radical (unpaired) electrons. The SMILES string of the molecule is Cc1cc(C)c(C2(CN)CCCC2)cc1C#N. The number of rotatable bonds is 2. The van der Waals surface area contributed by atoms with Crippen LogP contribution in [0.2, 0.25) is 0 Å². The Kier molecular flexibility index (Phi) is 3.22. The zero-order valence-corrected chi connectivity index (χ0v) is 10.7. The molecule has 1 aromatic rings. The molecule has 0 heterocycles. The quantitative estimate of drug-likeness (QED) is 0.846. The Labute approximate surface area is 103 Å². The highest BCUT2D eigenvalue weighted by Crippen LogP contribution is 2.42. The molecule has 1 saturated carbocycles. The maximum atomic E-state index is 9.15. The second-order valence-corrected chi connectivity index (χ2v) is 5.29. The van der Waals surface area contributed by atoms with Gasteiger partial charge in [-0.15, -0.1) is 0 Å². The Bertz CT molecular complexity index is 463. The number of nitrogens with two attached hydrogens (primary N) is 1. The van der Waals surface area contributed by atoms with Crippen molar-refractivity contribution in [2.45, 2.75) is 44.9 Å². The third kappa shape index (κ3) is 1.96. The summed E-state index contributed by atoms with van der Waals surface area (Å²) in [6.07, 6.45) is 4.84. The molecule has 2 nitrogen and oxygen atoms in total. The van der Waals surface area contributed by atoms with Crippen molar-refractivity contribution in [1.82, 2.24) is 0 Å². The minimum Gasteiger partial charge on any atom is -0.330 e. The van der Waals surface area contributed by atoms with Gasteiger partial charge in [0, 0.05) is 12.0 Å². The van der Waals surface area contributed by atoms with Gasteiger partial charge in [0.05, 0.1) is 11.6 Å². The molecule has 0 spiro atoms. The van der Waals surface area contributed by atoms with Crippen molar-refractivity contribution < 1.29 is 0 Å². The van der Waals surface area contributed by atoms with Gasteiger partial charge in [0.1, 0.15) is 0 Å². The van der Waals surface area contributed by atoms with Gasteiger partial charge in [-0.3, -0.25) is 0 Å². The van der Waals surface area contributed by atoms with Gasteiger partial charge in [-0.05, 0) is 49.4 Å². The average molecular weight is 228 g/mol. The molecule has 0 bridgehead atoms. The van der Waals surface area contributed by atoms with Crippen molar-refractivity contribution in [3.8, 4) is 6.07 Å². The van der Waals surface area contributed by atoms with E-state index < -0.39 is 0 Å². The van der Waals surface area contributed by atoms with E-state index in [0.717, 1.165) is 24.0 Å². The van der Waals surface area contributed by atoms with Crippen LogP contribution in [0.15, 0.2) is 12.1 Å². The summed E-state index contributed by atoms with van der Waals surface area (Å²) in [7, 11) is 0. The van der Waals surface area contributed by atoms with E-state index in [2.05, 4.69) is 25.1 Å². The van der Waals surface area contributed by atoms with Crippen molar-refractivity contribution >= 4 is 0 Å². The second kappa shape index (κ2) is 4.50. The molecular weight excluding hydrogens is 208 g/mol. The lowest BCUT2D eigenvalue weighted by atomic mass is 9.76. The Balaban J connectivity index is 2.55. The predicted molar refractivity (Wildman–Crippen MR) is 69.8 cm³/mol. The van der Waals surface area contributed by atoms with Gasteiger partial charge < -0.3 is 5.73 Å². The maximum absolute atomic E-state index is 9.15. The number of aryl methyl sites for hydroxylation is 2. The first-order valence-electron chi connectivity index (χ1n) is 6.35. The van der Waals surface area contributed by atoms with Crippen LogP contribution in [-0.4, -0.2) is 6.54 Å². The van der Waals surface area contributed by atoms with E-state index in [0.29, 0.717) is 6.54 Å². The highest BCUT2D eigenvalue weighted by molar-refractivity contribution is 5.47. The first-order chi connectivity index (χ1) is 8.13. The molecule has 1 aromatic carbocycles. The summed E-state index contributed by atoms with van der Waals surface area (Å²) < 4.78 is 0. The molecule has 0 aliphatic heterocycles. The van der Waals surface area contributed by atoms with Crippen molar-refractivity contribution in [1.29, 1.82) is 5.26 Å². The molecule has 1 aliphatic rings. The highest BCUT2D eigenvalue weighted by atomic mass is 14.6. The fourth-order valence-corrected chi connectivity index (χ4v) is 3.18. The second-order valence-electron chi connectivity index (χ2n) is 5.29. The predicted octanol–water partition coefficient (Wildman–Crippen LogP) is 2.95. The van der Waals surface area contributed by atoms with Crippen LogP contribution in [0.3, 0.4) is 0 Å². The van der Waals surface area contributed by atoms with E-state index in [9.17, 15) is 0 Å². The molecular formula is C15H20N2. The van der Waals surface area contributed by atoms with Crippen LogP contribution in [0, 0.1) is 25.2 Å². The van der Waals surface area contributed by atoms with Crippen LogP contribution in [0.1, 0.15) is 47.9 Å². The summed E-state index contributed by atoms with van der Waals surface area (Å²) in [5, 5.41) is 9.15. The summed E-state index contributed by atoms with van der Waals surface area (Å²) in [5.41, 5.74) is 10.6. The van der Waals surface area contributed by atoms with Crippen LogP contribution >= 0.6 is 0 Å². The van der Waals surface area contributed by atoms with Crippen molar-refractivity contribution in [3.63, 3.8) is 0 Å². The van der Waals surface area contributed by atoms with Crippen LogP contribution in [0.25, 0.3) is 0 Å². The number of benzene rings is 1. The molecule has 0 unspecified atom stereocenters. The average Bonchev–Trinajstić information content (AvgIpc) is 2.79. The van der Waals surface area contributed by atoms with E-state index in [4.69, 9.17) is 11.0 Å². The lowest BCUT2D eigenvalue weighted by Gasteiger charge is -2.30. The van der Waals surface area contributed by atoms with E-state index in [1.165, 1.54) is 24.0 Å². The zero-order valence-electron chi connectivity index (χ0n) is 10.7. The van der Waals surface area contributed by atoms with Gasteiger partial charge in [0.2, 0.25) is 0 Å². The van der Waals surface area contributed by atoms with Crippen LogP contribution in [-0.2, 0) is 5.41 Å². The molecule has 0 atom stereocenters. The molecule has 2 rings (SSSR count). The molecule has 2 heteroatoms. The maximum Gasteiger partial charge on any atom is 0.0994 e. The van der Waals surface area contributed by atoms with Crippen molar-refractivity contribution in [2.24, 2.45) is 5.73 Å². The summed E-state index contributed by atoms with van der Waals surface area (Å²) in [6, 6.07) is 6.49. The summed E-state index contributed by atoms with van der Waals surface area (Å²) in [5.74, 6) is 0. The lowest BCUT2D eigenvalue weighted by Crippen LogP contribution is -2.33. The highest BCUT2D eigenvalue weighted by Gasteiger charge is 2.35. The lowest BCUT2D eigenvalue weighted by molar-refractivity contribution is 0.450. The Morgan fingerprint density at radius 1 is 1.24 bits per heavy atom. The number of nitrogens with zero attached hydrogens (tertiary/aromatic N) is 1. The molecule has 0 amide bonds. The summed E-state index contributed by atoms with van der Waals surface area (Å²) in [4.78, 5) is 0. The Morgan fingerprint density at radius 3 is 2.41 bits per heavy atom. The third-order valence-electron chi connectivity index (χ3n) is 4.21. The van der Waals surface area contributed by atoms with Crippen molar-refractivity contribution in [3.05, 3.63) is 34.4 Å². The normalized spacial score (nSPS) is 18.0. The standard InChI is InChI=1S/C15H20N2/c1-11-7-12(2)14(8-13(11)9-16)15(10-17)5-3-4-6-15/h7-8H,3-6,10,17H2,1-2H3. The molecule has 1 fully saturated rings. The van der Waals surface area contributed by atoms with Gasteiger partial charge in [-0.2, -0.15) is 5.26 Å². The smallest absolute Gasteiger partial charge is 0.0994 e. The number of hydrogen-bond acceptors (Lipinski definition) is 2. The topological polar surface area (TPSA) is 49.8 Å². The number of nitriles is 1. The van der Waals surface area contributed by atoms with E-state index in [-0.39, 0.29) is 5.41 Å². The minimum absolute atomic E-state index is 0.128. The number of hydrogen-bond donors (Lipinski definition) is 1. The van der Waals surface area contributed by atoms with Gasteiger partial charge >= 0.3 is 0 Å². The minimum atomic E-state index is 0.128. The van der Waals surface area contributed by atoms with Crippen LogP contribution in [0.4, 0.5) is 0 Å². The van der Waals surface area contributed by atoms with Crippen molar-refractivity contribution in [2.75, 3.05) is 6.54 Å². The van der Waals surface area contributed by atoms with Crippen LogP contribution < -0.4 is 5.73 Å². The summed E-state index contributed by atoms with van der Waals surface area (Å²) >= 11 is 0. The van der Waals surface area contributed by atoms with Gasteiger partial charge in [-0.25, -0.2) is 0 Å². The molecule has 90 valence electrons. The fourth-order valence-electron chi connectivity index (χ4n) is 3.18. The van der Waals surface area contributed by atoms with E-state index in [1.807, 2.05) is 6.92 Å². The van der Waals surface area contributed by atoms with Gasteiger partial charge in [-0.1, -0.05) is 18.9 Å². The molecule has 1 aliphatic carbocycles. The summed E-state index contributed by atoms with van der Waals surface area (Å²) in [6.45, 7) is 4.83. The van der Waals surface area contributed by atoms with Crippen LogP contribution in [0.5, 0.6) is 0 Å². The first-order valence-corrected chi connectivity index (χ1v) is 6.35. The van der Waals surface area contributed by atoms with E-state index >= 15 is 0 Å². The zero-order chi connectivity index (χ0) is 12.5. The fraction of sp³-hybridized carbons (Fsp3) is 0.533. The van der Waals surface area contributed by atoms with Gasteiger partial charge in [0.15, 0.2) is 0 Å².